The van der Waals surface area contributed by atoms with E-state index in [0.717, 1.165) is 17.8 Å². The number of pyridine rings is 1. The third kappa shape index (κ3) is 4.78. The number of hydrogen-bond acceptors (Lipinski definition) is 4. The summed E-state index contributed by atoms with van der Waals surface area (Å²) >= 11 is 0. The highest BCUT2D eigenvalue weighted by Gasteiger charge is 2.40. The van der Waals surface area contributed by atoms with Crippen LogP contribution < -0.4 is 4.74 Å². The first-order valence-electron chi connectivity index (χ1n) is 10.8. The van der Waals surface area contributed by atoms with Gasteiger partial charge >= 0.3 is 6.18 Å². The van der Waals surface area contributed by atoms with Crippen LogP contribution in [0.25, 0.3) is 17.1 Å². The van der Waals surface area contributed by atoms with E-state index < -0.39 is 30.0 Å². The zero-order chi connectivity index (χ0) is 24.7. The van der Waals surface area contributed by atoms with Gasteiger partial charge < -0.3 is 14.6 Å². The van der Waals surface area contributed by atoms with Gasteiger partial charge in [0, 0.05) is 11.3 Å². The lowest BCUT2D eigenvalue weighted by atomic mass is 10.1. The average Bonchev–Trinajstić information content (AvgIpc) is 3.44. The lowest BCUT2D eigenvalue weighted by Gasteiger charge is -2.17. The van der Waals surface area contributed by atoms with Crippen molar-refractivity contribution in [2.24, 2.45) is 0 Å². The van der Waals surface area contributed by atoms with Crippen molar-refractivity contribution in [3.8, 4) is 22.8 Å². The molecule has 2 unspecified atom stereocenters. The molecule has 9 heteroatoms. The zero-order valence-electron chi connectivity index (χ0n) is 18.5. The topological polar surface area (TPSA) is 59.8 Å². The Hall–Kier alpha value is -3.69. The second-order valence-electron chi connectivity index (χ2n) is 8.19. The first kappa shape index (κ1) is 23.1. The quantitative estimate of drug-likeness (QED) is 0.270. The fourth-order valence-corrected chi connectivity index (χ4v) is 3.87. The molecule has 1 saturated heterocycles. The summed E-state index contributed by atoms with van der Waals surface area (Å²) in [6.07, 6.45) is -6.00. The Labute approximate surface area is 198 Å². The van der Waals surface area contributed by atoms with Gasteiger partial charge in [0.05, 0.1) is 17.0 Å². The van der Waals surface area contributed by atoms with Gasteiger partial charge in [-0.1, -0.05) is 18.2 Å². The minimum atomic E-state index is -4.55. The smallest absolute Gasteiger partial charge is 0.416 e. The van der Waals surface area contributed by atoms with Crippen molar-refractivity contribution >= 4 is 0 Å². The van der Waals surface area contributed by atoms with E-state index in [2.05, 4.69) is 4.98 Å². The van der Waals surface area contributed by atoms with Crippen molar-refractivity contribution in [3.05, 3.63) is 101 Å². The first-order chi connectivity index (χ1) is 16.7. The normalized spacial score (nSPS) is 17.4. The van der Waals surface area contributed by atoms with Crippen molar-refractivity contribution in [2.75, 3.05) is 0 Å². The van der Waals surface area contributed by atoms with E-state index in [1.54, 1.807) is 47.0 Å². The van der Waals surface area contributed by atoms with Gasteiger partial charge in [-0.25, -0.2) is 9.37 Å². The van der Waals surface area contributed by atoms with E-state index >= 15 is 0 Å². The summed E-state index contributed by atoms with van der Waals surface area (Å²) < 4.78 is 66.7. The highest BCUT2D eigenvalue weighted by Crippen LogP contribution is 2.40. The molecule has 1 N–H and O–H groups in total. The first-order valence-corrected chi connectivity index (χ1v) is 10.8. The molecule has 1 aliphatic rings. The highest BCUT2D eigenvalue weighted by molar-refractivity contribution is 5.71. The molecule has 0 amide bonds. The van der Waals surface area contributed by atoms with E-state index in [4.69, 9.17) is 9.47 Å². The van der Waals surface area contributed by atoms with Gasteiger partial charge in [-0.05, 0) is 67.1 Å². The molecule has 0 saturated carbocycles. The Kier molecular flexibility index (Phi) is 5.82. The second kappa shape index (κ2) is 8.83. The molecule has 2 aromatic heterocycles. The number of nitrogens with zero attached hydrogens (tertiary/aromatic N) is 2. The number of halogens is 4. The van der Waals surface area contributed by atoms with E-state index in [1.807, 2.05) is 6.92 Å². The Morgan fingerprint density at radius 1 is 1.03 bits per heavy atom. The number of rotatable bonds is 6. The van der Waals surface area contributed by atoms with Crippen LogP contribution in [0.2, 0.25) is 0 Å². The number of alkyl halides is 3. The van der Waals surface area contributed by atoms with E-state index in [0.29, 0.717) is 22.8 Å². The van der Waals surface area contributed by atoms with Gasteiger partial charge in [-0.3, -0.25) is 4.57 Å². The Morgan fingerprint density at radius 2 is 1.77 bits per heavy atom. The SMILES string of the molecule is Cc1ccc(-c2cc(C(F)(F)F)ccc2OCc2ccc(F)cc2)n1-c1cccc(C2OC2O)n1. The molecule has 1 aliphatic heterocycles. The summed E-state index contributed by atoms with van der Waals surface area (Å²) in [6, 6.07) is 17.6. The third-order valence-corrected chi connectivity index (χ3v) is 5.71. The fourth-order valence-electron chi connectivity index (χ4n) is 3.87. The van der Waals surface area contributed by atoms with Gasteiger partial charge in [0.1, 0.15) is 24.0 Å². The highest BCUT2D eigenvalue weighted by atomic mass is 19.4. The van der Waals surface area contributed by atoms with Crippen LogP contribution in [-0.4, -0.2) is 20.9 Å². The van der Waals surface area contributed by atoms with Crippen LogP contribution in [0.5, 0.6) is 5.75 Å². The summed E-state index contributed by atoms with van der Waals surface area (Å²) in [5.74, 6) is 0.305. The number of aliphatic hydroxyl groups excluding tert-OH is 1. The van der Waals surface area contributed by atoms with Crippen LogP contribution in [0.15, 0.2) is 72.8 Å². The van der Waals surface area contributed by atoms with E-state index in [9.17, 15) is 22.7 Å². The molecule has 5 nitrogen and oxygen atoms in total. The Bertz CT molecular complexity index is 1370. The molecule has 180 valence electrons. The standard InChI is InChI=1S/C26H20F4N2O3/c1-15-5-11-21(32(15)23-4-2-3-20(31-23)24-25(33)35-24)19-13-17(26(28,29)30)8-12-22(19)34-14-16-6-9-18(27)10-7-16/h2-13,24-25,33H,14H2,1H3. The van der Waals surface area contributed by atoms with Crippen molar-refractivity contribution in [1.82, 2.24) is 9.55 Å². The third-order valence-electron chi connectivity index (χ3n) is 5.71. The number of ether oxygens (including phenoxy) is 2. The maximum absolute atomic E-state index is 13.6. The molecule has 0 aliphatic carbocycles. The minimum Gasteiger partial charge on any atom is -0.488 e. The van der Waals surface area contributed by atoms with Crippen molar-refractivity contribution in [3.63, 3.8) is 0 Å². The molecule has 1 fully saturated rings. The lowest BCUT2D eigenvalue weighted by Crippen LogP contribution is -2.08. The number of aromatic nitrogens is 2. The maximum Gasteiger partial charge on any atom is 0.416 e. The van der Waals surface area contributed by atoms with Gasteiger partial charge in [0.2, 0.25) is 0 Å². The molecule has 2 atom stereocenters. The Balaban J connectivity index is 1.57. The van der Waals surface area contributed by atoms with E-state index in [-0.39, 0.29) is 17.9 Å². The van der Waals surface area contributed by atoms with Crippen molar-refractivity contribution < 1.29 is 32.1 Å². The number of benzene rings is 2. The van der Waals surface area contributed by atoms with Crippen LogP contribution in [-0.2, 0) is 17.5 Å². The number of hydrogen-bond donors (Lipinski definition) is 1. The van der Waals surface area contributed by atoms with Gasteiger partial charge in [-0.2, -0.15) is 13.2 Å². The van der Waals surface area contributed by atoms with Gasteiger partial charge in [-0.15, -0.1) is 0 Å². The van der Waals surface area contributed by atoms with Crippen molar-refractivity contribution in [1.29, 1.82) is 0 Å². The maximum atomic E-state index is 13.6. The Morgan fingerprint density at radius 3 is 2.46 bits per heavy atom. The molecule has 4 aromatic rings. The predicted molar refractivity (Wildman–Crippen MR) is 119 cm³/mol. The number of aliphatic hydroxyl groups is 1. The summed E-state index contributed by atoms with van der Waals surface area (Å²) in [4.78, 5) is 4.56. The van der Waals surface area contributed by atoms with Crippen molar-refractivity contribution in [2.45, 2.75) is 32.1 Å². The minimum absolute atomic E-state index is 0.0446. The molecule has 35 heavy (non-hydrogen) atoms. The molecule has 0 radical (unpaired) electrons. The average molecular weight is 484 g/mol. The van der Waals surface area contributed by atoms with Gasteiger partial charge in [0.25, 0.3) is 0 Å². The monoisotopic (exact) mass is 484 g/mol. The van der Waals surface area contributed by atoms with Gasteiger partial charge in [0.15, 0.2) is 12.4 Å². The lowest BCUT2D eigenvalue weighted by molar-refractivity contribution is -0.137. The van der Waals surface area contributed by atoms with Crippen LogP contribution in [0.4, 0.5) is 17.6 Å². The van der Waals surface area contributed by atoms with E-state index in [1.165, 1.54) is 18.2 Å². The van der Waals surface area contributed by atoms with Crippen LogP contribution in [0.1, 0.15) is 28.6 Å². The number of aryl methyl sites for hydroxylation is 1. The molecule has 0 spiro atoms. The van der Waals surface area contributed by atoms with Crippen LogP contribution in [0, 0.1) is 12.7 Å². The fraction of sp³-hybridized carbons (Fsp3) is 0.192. The summed E-state index contributed by atoms with van der Waals surface area (Å²) in [5, 5.41) is 9.59. The zero-order valence-corrected chi connectivity index (χ0v) is 18.5. The molecule has 2 aromatic carbocycles. The summed E-state index contributed by atoms with van der Waals surface area (Å²) in [6.45, 7) is 1.86. The molecule has 5 rings (SSSR count). The molecular formula is C26H20F4N2O3. The van der Waals surface area contributed by atoms with Crippen LogP contribution >= 0.6 is 0 Å². The van der Waals surface area contributed by atoms with Crippen LogP contribution in [0.3, 0.4) is 0 Å². The summed E-state index contributed by atoms with van der Waals surface area (Å²) in [5.41, 5.74) is 1.79. The number of epoxide rings is 1. The summed E-state index contributed by atoms with van der Waals surface area (Å²) in [7, 11) is 0. The molecule has 3 heterocycles. The largest absolute Gasteiger partial charge is 0.488 e. The molecular weight excluding hydrogens is 464 g/mol. The predicted octanol–water partition coefficient (Wildman–Crippen LogP) is 5.97. The second-order valence-corrected chi connectivity index (χ2v) is 8.19. The molecule has 0 bridgehead atoms.